The van der Waals surface area contributed by atoms with E-state index in [4.69, 9.17) is 9.47 Å². The Bertz CT molecular complexity index is 693. The summed E-state index contributed by atoms with van der Waals surface area (Å²) >= 11 is 0. The Morgan fingerprint density at radius 1 is 1.12 bits per heavy atom. The van der Waals surface area contributed by atoms with E-state index in [2.05, 4.69) is 34.6 Å². The van der Waals surface area contributed by atoms with Gasteiger partial charge in [-0.15, -0.1) is 0 Å². The minimum absolute atomic E-state index is 0.457. The molecule has 5 nitrogen and oxygen atoms in total. The van der Waals surface area contributed by atoms with E-state index < -0.39 is 0 Å². The van der Waals surface area contributed by atoms with E-state index in [0.29, 0.717) is 12.1 Å². The van der Waals surface area contributed by atoms with E-state index in [0.717, 1.165) is 23.7 Å². The molecule has 2 N–H and O–H groups in total. The highest BCUT2D eigenvalue weighted by Crippen LogP contribution is 2.44. The lowest BCUT2D eigenvalue weighted by Crippen LogP contribution is -2.42. The molecule has 26 heavy (non-hydrogen) atoms. The van der Waals surface area contributed by atoms with Crippen LogP contribution in [0.2, 0.25) is 0 Å². The van der Waals surface area contributed by atoms with Gasteiger partial charge in [0, 0.05) is 48.2 Å². The van der Waals surface area contributed by atoms with Crippen molar-refractivity contribution in [3.8, 4) is 11.5 Å². The Morgan fingerprint density at radius 2 is 1.85 bits per heavy atom. The van der Waals surface area contributed by atoms with Crippen LogP contribution in [0.3, 0.4) is 0 Å². The molecule has 1 aromatic carbocycles. The van der Waals surface area contributed by atoms with Crippen LogP contribution in [0.4, 0.5) is 5.69 Å². The van der Waals surface area contributed by atoms with Gasteiger partial charge in [-0.25, -0.2) is 0 Å². The Hall–Kier alpha value is -1.88. The van der Waals surface area contributed by atoms with Crippen molar-refractivity contribution in [3.63, 3.8) is 0 Å². The van der Waals surface area contributed by atoms with Gasteiger partial charge in [0.1, 0.15) is 0 Å². The molecule has 2 heterocycles. The van der Waals surface area contributed by atoms with Gasteiger partial charge in [-0.1, -0.05) is 6.92 Å². The number of rotatable bonds is 5. The summed E-state index contributed by atoms with van der Waals surface area (Å²) in [7, 11) is 3.41. The second-order valence-electron chi connectivity index (χ2n) is 7.60. The number of hydrogen-bond donors (Lipinski definition) is 2. The SMILES string of the molecule is CCN1CCC(NC2=C3CCCC3Nc3cc(OC)c(OC)cc32)CC1. The average molecular weight is 357 g/mol. The fourth-order valence-corrected chi connectivity index (χ4v) is 4.64. The third kappa shape index (κ3) is 3.13. The van der Waals surface area contributed by atoms with Crippen LogP contribution in [0.15, 0.2) is 17.7 Å². The summed E-state index contributed by atoms with van der Waals surface area (Å²) in [6.07, 6.45) is 6.08. The molecule has 1 aliphatic carbocycles. The molecule has 0 radical (unpaired) electrons. The van der Waals surface area contributed by atoms with E-state index >= 15 is 0 Å². The van der Waals surface area contributed by atoms with Gasteiger partial charge in [0.05, 0.1) is 14.2 Å². The zero-order valence-electron chi connectivity index (χ0n) is 16.2. The van der Waals surface area contributed by atoms with Crippen molar-refractivity contribution in [1.29, 1.82) is 0 Å². The van der Waals surface area contributed by atoms with E-state index in [1.807, 2.05) is 0 Å². The zero-order chi connectivity index (χ0) is 18.1. The van der Waals surface area contributed by atoms with Crippen LogP contribution < -0.4 is 20.1 Å². The van der Waals surface area contributed by atoms with Gasteiger partial charge >= 0.3 is 0 Å². The molecular formula is C21H31N3O2. The molecule has 0 amide bonds. The quantitative estimate of drug-likeness (QED) is 0.845. The monoisotopic (exact) mass is 357 g/mol. The van der Waals surface area contributed by atoms with Crippen LogP contribution in [0.5, 0.6) is 11.5 Å². The van der Waals surface area contributed by atoms with Crippen LogP contribution in [-0.2, 0) is 0 Å². The van der Waals surface area contributed by atoms with Crippen molar-refractivity contribution >= 4 is 11.4 Å². The summed E-state index contributed by atoms with van der Waals surface area (Å²) in [6, 6.07) is 5.23. The van der Waals surface area contributed by atoms with Gasteiger partial charge in [-0.05, 0) is 50.3 Å². The number of piperidine rings is 1. The van der Waals surface area contributed by atoms with Gasteiger partial charge in [0.15, 0.2) is 11.5 Å². The normalized spacial score (nSPS) is 23.3. The molecule has 0 bridgehead atoms. The highest BCUT2D eigenvalue weighted by Gasteiger charge is 2.32. The first-order valence-corrected chi connectivity index (χ1v) is 9.98. The Labute approximate surface area is 156 Å². The zero-order valence-corrected chi connectivity index (χ0v) is 16.2. The molecule has 5 heteroatoms. The standard InChI is InChI=1S/C21H31N3O2/c1-4-24-10-8-14(9-11-24)22-21-15-6-5-7-17(15)23-18-13-20(26-3)19(25-2)12-16(18)21/h12-14,17,22-23H,4-11H2,1-3H3. The number of benzene rings is 1. The van der Waals surface area contributed by atoms with Crippen LogP contribution in [0.25, 0.3) is 5.70 Å². The number of fused-ring (bicyclic) bond motifs is 2. The lowest BCUT2D eigenvalue weighted by Gasteiger charge is -2.36. The summed E-state index contributed by atoms with van der Waals surface area (Å²) in [5, 5.41) is 7.66. The second kappa shape index (κ2) is 7.39. The minimum Gasteiger partial charge on any atom is -0.493 e. The number of methoxy groups -OCH3 is 2. The highest BCUT2D eigenvalue weighted by molar-refractivity contribution is 5.84. The maximum Gasteiger partial charge on any atom is 0.162 e. The maximum atomic E-state index is 5.57. The average Bonchev–Trinajstić information content (AvgIpc) is 3.15. The molecule has 1 saturated heterocycles. The highest BCUT2D eigenvalue weighted by atomic mass is 16.5. The Balaban J connectivity index is 1.65. The molecule has 1 saturated carbocycles. The molecular weight excluding hydrogens is 326 g/mol. The lowest BCUT2D eigenvalue weighted by atomic mass is 9.93. The summed E-state index contributed by atoms with van der Waals surface area (Å²) in [5.74, 6) is 1.58. The number of anilines is 1. The Morgan fingerprint density at radius 3 is 2.54 bits per heavy atom. The van der Waals surface area contributed by atoms with Crippen LogP contribution >= 0.6 is 0 Å². The van der Waals surface area contributed by atoms with Gasteiger partial charge in [0.25, 0.3) is 0 Å². The van der Waals surface area contributed by atoms with Crippen molar-refractivity contribution in [2.24, 2.45) is 0 Å². The summed E-state index contributed by atoms with van der Waals surface area (Å²) in [5.41, 5.74) is 5.28. The largest absolute Gasteiger partial charge is 0.493 e. The lowest BCUT2D eigenvalue weighted by molar-refractivity contribution is 0.214. The third-order valence-electron chi connectivity index (χ3n) is 6.19. The van der Waals surface area contributed by atoms with Crippen LogP contribution in [0.1, 0.15) is 44.6 Å². The van der Waals surface area contributed by atoms with Gasteiger partial charge < -0.3 is 25.0 Å². The Kier molecular flexibility index (Phi) is 4.98. The smallest absolute Gasteiger partial charge is 0.162 e. The van der Waals surface area contributed by atoms with Crippen molar-refractivity contribution < 1.29 is 9.47 Å². The topological polar surface area (TPSA) is 45.8 Å². The number of nitrogens with zero attached hydrogens (tertiary/aromatic N) is 1. The number of ether oxygens (including phenoxy) is 2. The maximum absolute atomic E-state index is 5.57. The summed E-state index contributed by atoms with van der Waals surface area (Å²) in [6.45, 7) is 5.80. The second-order valence-corrected chi connectivity index (χ2v) is 7.60. The van der Waals surface area contributed by atoms with Crippen LogP contribution in [-0.4, -0.2) is 50.8 Å². The first kappa shape index (κ1) is 17.5. The van der Waals surface area contributed by atoms with Crippen LogP contribution in [0, 0.1) is 0 Å². The van der Waals surface area contributed by atoms with Crippen molar-refractivity contribution in [3.05, 3.63) is 23.3 Å². The van der Waals surface area contributed by atoms with Gasteiger partial charge in [0.2, 0.25) is 0 Å². The number of likely N-dealkylation sites (tertiary alicyclic amines) is 1. The van der Waals surface area contributed by atoms with E-state index in [1.165, 1.54) is 56.5 Å². The van der Waals surface area contributed by atoms with E-state index in [1.54, 1.807) is 19.8 Å². The van der Waals surface area contributed by atoms with Gasteiger partial charge in [-0.2, -0.15) is 0 Å². The van der Waals surface area contributed by atoms with E-state index in [9.17, 15) is 0 Å². The third-order valence-corrected chi connectivity index (χ3v) is 6.19. The summed E-state index contributed by atoms with van der Waals surface area (Å²) in [4.78, 5) is 2.54. The van der Waals surface area contributed by atoms with Crippen molar-refractivity contribution in [2.75, 3.05) is 39.2 Å². The number of hydrogen-bond acceptors (Lipinski definition) is 5. The first-order chi connectivity index (χ1) is 12.7. The van der Waals surface area contributed by atoms with Crippen molar-refractivity contribution in [1.82, 2.24) is 10.2 Å². The molecule has 1 atom stereocenters. The predicted molar refractivity (Wildman–Crippen MR) is 106 cm³/mol. The predicted octanol–water partition coefficient (Wildman–Crippen LogP) is 3.47. The van der Waals surface area contributed by atoms with E-state index in [-0.39, 0.29) is 0 Å². The molecule has 1 unspecified atom stereocenters. The molecule has 2 fully saturated rings. The molecule has 142 valence electrons. The molecule has 0 aromatic heterocycles. The minimum atomic E-state index is 0.457. The van der Waals surface area contributed by atoms with Crippen molar-refractivity contribution in [2.45, 2.75) is 51.1 Å². The molecule has 4 rings (SSSR count). The fraction of sp³-hybridized carbons (Fsp3) is 0.619. The molecule has 2 aliphatic heterocycles. The number of nitrogens with one attached hydrogen (secondary N) is 2. The molecule has 3 aliphatic rings. The summed E-state index contributed by atoms with van der Waals surface area (Å²) < 4.78 is 11.1. The van der Waals surface area contributed by atoms with Gasteiger partial charge in [-0.3, -0.25) is 0 Å². The molecule has 1 aromatic rings. The fourth-order valence-electron chi connectivity index (χ4n) is 4.64. The molecule has 0 spiro atoms. The first-order valence-electron chi connectivity index (χ1n) is 9.98.